The molecule has 0 aliphatic rings. The molecule has 1 unspecified atom stereocenters. The van der Waals surface area contributed by atoms with Crippen LogP contribution in [-0.4, -0.2) is 9.55 Å². The van der Waals surface area contributed by atoms with Crippen molar-refractivity contribution < 1.29 is 0 Å². The SMILES string of the molecule is CC(Cl)c1nc2ccc(Br)cc2n1-c1ccc(Cl)c(Br)c1. The molecule has 0 radical (unpaired) electrons. The van der Waals surface area contributed by atoms with Crippen molar-refractivity contribution in [1.29, 1.82) is 0 Å². The second-order valence-electron chi connectivity index (χ2n) is 4.65. The second kappa shape index (κ2) is 5.92. The third-order valence-electron chi connectivity index (χ3n) is 3.16. The average Bonchev–Trinajstić information content (AvgIpc) is 2.80. The Morgan fingerprint density at radius 3 is 2.57 bits per heavy atom. The first-order chi connectivity index (χ1) is 9.97. The highest BCUT2D eigenvalue weighted by Crippen LogP contribution is 2.32. The number of imidazole rings is 1. The van der Waals surface area contributed by atoms with Crippen molar-refractivity contribution in [3.8, 4) is 5.69 Å². The van der Waals surface area contributed by atoms with Crippen LogP contribution in [0.4, 0.5) is 0 Å². The predicted molar refractivity (Wildman–Crippen MR) is 95.7 cm³/mol. The minimum absolute atomic E-state index is 0.203. The molecule has 2 nitrogen and oxygen atoms in total. The number of hydrogen-bond donors (Lipinski definition) is 0. The fraction of sp³-hybridized carbons (Fsp3) is 0.133. The third-order valence-corrected chi connectivity index (χ3v) is 5.06. The highest BCUT2D eigenvalue weighted by atomic mass is 79.9. The molecule has 3 aromatic rings. The van der Waals surface area contributed by atoms with Gasteiger partial charge in [-0.1, -0.05) is 27.5 Å². The topological polar surface area (TPSA) is 17.8 Å². The van der Waals surface area contributed by atoms with Gasteiger partial charge in [-0.05, 0) is 59.3 Å². The Labute approximate surface area is 149 Å². The largest absolute Gasteiger partial charge is 0.295 e. The van der Waals surface area contributed by atoms with Crippen LogP contribution in [0.5, 0.6) is 0 Å². The summed E-state index contributed by atoms with van der Waals surface area (Å²) < 4.78 is 3.89. The van der Waals surface area contributed by atoms with E-state index < -0.39 is 0 Å². The van der Waals surface area contributed by atoms with Crippen LogP contribution in [0.15, 0.2) is 45.3 Å². The van der Waals surface area contributed by atoms with Gasteiger partial charge in [-0.15, -0.1) is 11.6 Å². The molecule has 1 heterocycles. The van der Waals surface area contributed by atoms with Crippen molar-refractivity contribution in [2.45, 2.75) is 12.3 Å². The van der Waals surface area contributed by atoms with Gasteiger partial charge in [-0.2, -0.15) is 0 Å². The molecule has 1 aromatic heterocycles. The van der Waals surface area contributed by atoms with E-state index in [2.05, 4.69) is 41.4 Å². The van der Waals surface area contributed by atoms with Gasteiger partial charge >= 0.3 is 0 Å². The van der Waals surface area contributed by atoms with E-state index in [0.29, 0.717) is 5.02 Å². The molecule has 0 saturated heterocycles. The van der Waals surface area contributed by atoms with Crippen LogP contribution in [0, 0.1) is 0 Å². The zero-order valence-corrected chi connectivity index (χ0v) is 15.6. The molecule has 21 heavy (non-hydrogen) atoms. The van der Waals surface area contributed by atoms with Crippen LogP contribution < -0.4 is 0 Å². The Kier molecular flexibility index (Phi) is 4.33. The van der Waals surface area contributed by atoms with Gasteiger partial charge in [0.2, 0.25) is 0 Å². The Bertz CT molecular complexity index is 828. The van der Waals surface area contributed by atoms with Crippen molar-refractivity contribution in [3.63, 3.8) is 0 Å². The van der Waals surface area contributed by atoms with Crippen molar-refractivity contribution in [2.75, 3.05) is 0 Å². The minimum Gasteiger partial charge on any atom is -0.295 e. The summed E-state index contributed by atoms with van der Waals surface area (Å²) in [5, 5.41) is 0.468. The lowest BCUT2D eigenvalue weighted by molar-refractivity contribution is 0.882. The first-order valence-electron chi connectivity index (χ1n) is 6.25. The Hall–Kier alpha value is -0.550. The molecule has 0 saturated carbocycles. The average molecular weight is 449 g/mol. The molecule has 0 aliphatic carbocycles. The zero-order chi connectivity index (χ0) is 15.1. The monoisotopic (exact) mass is 446 g/mol. The lowest BCUT2D eigenvalue weighted by atomic mass is 10.2. The number of rotatable bonds is 2. The molecular weight excluding hydrogens is 439 g/mol. The number of fused-ring (bicyclic) bond motifs is 1. The van der Waals surface area contributed by atoms with Crippen LogP contribution >= 0.6 is 55.1 Å². The lowest BCUT2D eigenvalue weighted by Gasteiger charge is -2.11. The van der Waals surface area contributed by atoms with Crippen LogP contribution in [0.25, 0.3) is 16.7 Å². The summed E-state index contributed by atoms with van der Waals surface area (Å²) in [5.74, 6) is 0.805. The van der Waals surface area contributed by atoms with E-state index in [1.165, 1.54) is 0 Å². The number of alkyl halides is 1. The predicted octanol–water partition coefficient (Wildman–Crippen LogP) is 6.50. The number of hydrogen-bond acceptors (Lipinski definition) is 1. The van der Waals surface area contributed by atoms with Gasteiger partial charge < -0.3 is 0 Å². The smallest absolute Gasteiger partial charge is 0.132 e. The van der Waals surface area contributed by atoms with E-state index in [1.54, 1.807) is 0 Å². The van der Waals surface area contributed by atoms with Gasteiger partial charge in [-0.25, -0.2) is 4.98 Å². The van der Waals surface area contributed by atoms with Crippen molar-refractivity contribution in [1.82, 2.24) is 9.55 Å². The Morgan fingerprint density at radius 2 is 1.90 bits per heavy atom. The van der Waals surface area contributed by atoms with Crippen molar-refractivity contribution in [3.05, 3.63) is 56.2 Å². The van der Waals surface area contributed by atoms with Crippen molar-refractivity contribution in [2.24, 2.45) is 0 Å². The quantitative estimate of drug-likeness (QED) is 0.409. The maximum absolute atomic E-state index is 6.31. The van der Waals surface area contributed by atoms with Crippen molar-refractivity contribution >= 4 is 66.1 Å². The first kappa shape index (κ1) is 15.3. The molecule has 1 atom stereocenters. The highest BCUT2D eigenvalue weighted by Gasteiger charge is 2.17. The van der Waals surface area contributed by atoms with E-state index in [1.807, 2.05) is 43.3 Å². The molecule has 108 valence electrons. The maximum Gasteiger partial charge on any atom is 0.132 e. The van der Waals surface area contributed by atoms with Gasteiger partial charge in [0, 0.05) is 14.6 Å². The Morgan fingerprint density at radius 1 is 1.14 bits per heavy atom. The normalized spacial score (nSPS) is 12.8. The van der Waals surface area contributed by atoms with E-state index in [-0.39, 0.29) is 5.38 Å². The van der Waals surface area contributed by atoms with Gasteiger partial charge in [0.25, 0.3) is 0 Å². The van der Waals surface area contributed by atoms with Crippen LogP contribution in [-0.2, 0) is 0 Å². The first-order valence-corrected chi connectivity index (χ1v) is 8.65. The summed E-state index contributed by atoms with van der Waals surface area (Å²) in [7, 11) is 0. The van der Waals surface area contributed by atoms with Gasteiger partial charge in [0.05, 0.1) is 21.4 Å². The highest BCUT2D eigenvalue weighted by molar-refractivity contribution is 9.10. The van der Waals surface area contributed by atoms with E-state index in [4.69, 9.17) is 23.2 Å². The standard InChI is InChI=1S/C15H10Br2Cl2N2/c1-8(18)15-20-13-5-2-9(16)6-14(13)21(15)10-3-4-12(19)11(17)7-10/h2-8H,1H3. The molecule has 0 spiro atoms. The number of halogens is 4. The van der Waals surface area contributed by atoms with E-state index in [9.17, 15) is 0 Å². The lowest BCUT2D eigenvalue weighted by Crippen LogP contribution is -2.02. The minimum atomic E-state index is -0.203. The zero-order valence-electron chi connectivity index (χ0n) is 10.9. The summed E-state index contributed by atoms with van der Waals surface area (Å²) in [4.78, 5) is 4.64. The molecule has 0 amide bonds. The fourth-order valence-corrected chi connectivity index (χ4v) is 3.21. The van der Waals surface area contributed by atoms with Gasteiger partial charge in [0.1, 0.15) is 5.82 Å². The molecule has 0 bridgehead atoms. The van der Waals surface area contributed by atoms with E-state index >= 15 is 0 Å². The van der Waals surface area contributed by atoms with Gasteiger partial charge in [0.15, 0.2) is 0 Å². The van der Waals surface area contributed by atoms with Crippen LogP contribution in [0.1, 0.15) is 18.1 Å². The number of nitrogens with zero attached hydrogens (tertiary/aromatic N) is 2. The molecular formula is C15H10Br2Cl2N2. The van der Waals surface area contributed by atoms with Crippen LogP contribution in [0.2, 0.25) is 5.02 Å². The van der Waals surface area contributed by atoms with Crippen LogP contribution in [0.3, 0.4) is 0 Å². The molecule has 0 aliphatic heterocycles. The molecule has 2 aromatic carbocycles. The number of aromatic nitrogens is 2. The van der Waals surface area contributed by atoms with E-state index in [0.717, 1.165) is 31.5 Å². The molecule has 0 fully saturated rings. The summed E-state index contributed by atoms with van der Waals surface area (Å²) >= 11 is 19.4. The maximum atomic E-state index is 6.31. The molecule has 0 N–H and O–H groups in total. The summed E-state index contributed by atoms with van der Waals surface area (Å²) in [6.45, 7) is 1.92. The number of benzene rings is 2. The summed E-state index contributed by atoms with van der Waals surface area (Å²) in [6, 6.07) is 11.8. The summed E-state index contributed by atoms with van der Waals surface area (Å²) in [5.41, 5.74) is 2.88. The molecule has 6 heteroatoms. The fourth-order valence-electron chi connectivity index (χ4n) is 2.23. The third kappa shape index (κ3) is 2.87. The Balaban J connectivity index is 2.35. The molecule has 3 rings (SSSR count). The second-order valence-corrected chi connectivity index (χ2v) is 7.48. The van der Waals surface area contributed by atoms with Gasteiger partial charge in [-0.3, -0.25) is 4.57 Å². The summed E-state index contributed by atoms with van der Waals surface area (Å²) in [6.07, 6.45) is 0.